The number of hydrogen-bond donors (Lipinski definition) is 2. The second-order valence-electron chi connectivity index (χ2n) is 9.44. The van der Waals surface area contributed by atoms with Crippen LogP contribution < -0.4 is 4.84 Å². The number of amides is 2. The van der Waals surface area contributed by atoms with E-state index in [4.69, 9.17) is 11.8 Å². The normalized spacial score (nSPS) is 13.6. The summed E-state index contributed by atoms with van der Waals surface area (Å²) in [4.78, 5) is 35.1. The molecule has 2 aromatic heterocycles. The lowest BCUT2D eigenvalue weighted by Crippen LogP contribution is -2.34. The SMILES string of the molecule is O=C1c2c(c3c4ccccc4n(CCc4ccccc4)c3c3[nH]c4ccccc4c23)C(=O)N1CCNCl. The molecule has 6 nitrogen and oxygen atoms in total. The Morgan fingerprint density at radius 2 is 1.43 bits per heavy atom. The third-order valence-corrected chi connectivity index (χ3v) is 7.67. The third-order valence-electron chi connectivity index (χ3n) is 7.48. The highest BCUT2D eigenvalue weighted by atomic mass is 35.5. The van der Waals surface area contributed by atoms with Gasteiger partial charge >= 0.3 is 0 Å². The monoisotopic (exact) mass is 506 g/mol. The van der Waals surface area contributed by atoms with Crippen molar-refractivity contribution in [2.45, 2.75) is 13.0 Å². The van der Waals surface area contributed by atoms with Crippen molar-refractivity contribution in [2.75, 3.05) is 13.1 Å². The highest BCUT2D eigenvalue weighted by molar-refractivity contribution is 6.39. The molecule has 4 aromatic carbocycles. The fraction of sp³-hybridized carbons (Fsp3) is 0.133. The molecular weight excluding hydrogens is 484 g/mol. The molecule has 0 aliphatic carbocycles. The third kappa shape index (κ3) is 3.16. The molecule has 182 valence electrons. The van der Waals surface area contributed by atoms with Gasteiger partial charge in [-0.3, -0.25) is 14.5 Å². The lowest BCUT2D eigenvalue weighted by molar-refractivity contribution is 0.0659. The number of carbonyl (C=O) groups is 2. The van der Waals surface area contributed by atoms with Gasteiger partial charge in [-0.25, -0.2) is 4.84 Å². The number of H-pyrrole nitrogens is 1. The largest absolute Gasteiger partial charge is 0.353 e. The van der Waals surface area contributed by atoms with Crippen LogP contribution in [0, 0.1) is 0 Å². The van der Waals surface area contributed by atoms with Crippen molar-refractivity contribution in [3.8, 4) is 0 Å². The second-order valence-corrected chi connectivity index (χ2v) is 9.71. The first-order valence-electron chi connectivity index (χ1n) is 12.4. The molecule has 0 spiro atoms. The fourth-order valence-electron chi connectivity index (χ4n) is 5.91. The summed E-state index contributed by atoms with van der Waals surface area (Å²) in [6.45, 7) is 1.25. The summed E-state index contributed by atoms with van der Waals surface area (Å²) in [6.07, 6.45) is 0.841. The topological polar surface area (TPSA) is 70.1 Å². The van der Waals surface area contributed by atoms with Crippen LogP contribution in [0.1, 0.15) is 26.3 Å². The molecule has 2 N–H and O–H groups in total. The van der Waals surface area contributed by atoms with Gasteiger partial charge in [0.15, 0.2) is 0 Å². The highest BCUT2D eigenvalue weighted by Crippen LogP contribution is 2.45. The lowest BCUT2D eigenvalue weighted by atomic mass is 9.97. The molecule has 2 amide bonds. The molecule has 0 bridgehead atoms. The van der Waals surface area contributed by atoms with Crippen molar-refractivity contribution in [1.29, 1.82) is 0 Å². The van der Waals surface area contributed by atoms with Gasteiger partial charge in [0.05, 0.1) is 22.2 Å². The van der Waals surface area contributed by atoms with Gasteiger partial charge in [-0.15, -0.1) is 0 Å². The Morgan fingerprint density at radius 1 is 0.757 bits per heavy atom. The van der Waals surface area contributed by atoms with Gasteiger partial charge in [0.2, 0.25) is 0 Å². The number of fused-ring (bicyclic) bond motifs is 10. The van der Waals surface area contributed by atoms with E-state index in [0.29, 0.717) is 17.7 Å². The number of nitrogens with one attached hydrogen (secondary N) is 2. The van der Waals surface area contributed by atoms with Gasteiger partial charge in [-0.1, -0.05) is 66.7 Å². The zero-order valence-electron chi connectivity index (χ0n) is 19.9. The van der Waals surface area contributed by atoms with Crippen molar-refractivity contribution in [1.82, 2.24) is 19.3 Å². The first-order valence-corrected chi connectivity index (χ1v) is 12.8. The number of benzene rings is 4. The Balaban J connectivity index is 1.60. The van der Waals surface area contributed by atoms with E-state index in [9.17, 15) is 9.59 Å². The maximum absolute atomic E-state index is 13.9. The average molecular weight is 507 g/mol. The minimum atomic E-state index is -0.273. The van der Waals surface area contributed by atoms with Crippen molar-refractivity contribution in [3.05, 3.63) is 95.6 Å². The van der Waals surface area contributed by atoms with Crippen molar-refractivity contribution >= 4 is 67.2 Å². The van der Waals surface area contributed by atoms with Crippen molar-refractivity contribution in [3.63, 3.8) is 0 Å². The predicted octanol–water partition coefficient (Wildman–Crippen LogP) is 6.01. The molecule has 7 heteroatoms. The van der Waals surface area contributed by atoms with E-state index < -0.39 is 0 Å². The fourth-order valence-corrected chi connectivity index (χ4v) is 6.00. The van der Waals surface area contributed by atoms with E-state index >= 15 is 0 Å². The first-order chi connectivity index (χ1) is 18.2. The van der Waals surface area contributed by atoms with Crippen LogP contribution in [0.2, 0.25) is 0 Å². The van der Waals surface area contributed by atoms with Gasteiger partial charge in [-0.05, 0) is 35.9 Å². The zero-order chi connectivity index (χ0) is 25.1. The molecular formula is C30H23ClN4O2. The molecule has 0 saturated heterocycles. The van der Waals surface area contributed by atoms with E-state index in [1.807, 2.05) is 48.5 Å². The second kappa shape index (κ2) is 8.47. The standard InChI is InChI=1S/C30H23ClN4O2/c31-32-15-17-35-29(36)25-23-19-10-4-6-12-21(19)33-27(23)28-24(26(25)30(35)37)20-11-5-7-13-22(20)34(28)16-14-18-8-2-1-3-9-18/h1-13,32-33H,14-17H2. The Labute approximate surface area is 217 Å². The molecule has 0 fully saturated rings. The van der Waals surface area contributed by atoms with Gasteiger partial charge in [0.25, 0.3) is 11.8 Å². The van der Waals surface area contributed by atoms with Crippen LogP contribution in [-0.2, 0) is 13.0 Å². The van der Waals surface area contributed by atoms with Crippen molar-refractivity contribution < 1.29 is 9.59 Å². The Morgan fingerprint density at radius 3 is 2.22 bits per heavy atom. The molecule has 3 heterocycles. The van der Waals surface area contributed by atoms with Gasteiger partial charge < -0.3 is 9.55 Å². The van der Waals surface area contributed by atoms with Crippen LogP contribution >= 0.6 is 11.8 Å². The minimum absolute atomic E-state index is 0.202. The van der Waals surface area contributed by atoms with Crippen molar-refractivity contribution in [2.24, 2.45) is 0 Å². The average Bonchev–Trinajstić information content (AvgIpc) is 3.55. The van der Waals surface area contributed by atoms with Gasteiger partial charge in [-0.2, -0.15) is 0 Å². The number of rotatable bonds is 6. The number of aromatic nitrogens is 2. The van der Waals surface area contributed by atoms with Crippen LogP contribution in [0.15, 0.2) is 78.9 Å². The van der Waals surface area contributed by atoms with Crippen LogP contribution in [0.5, 0.6) is 0 Å². The van der Waals surface area contributed by atoms with E-state index in [2.05, 4.69) is 44.7 Å². The number of para-hydroxylation sites is 2. The van der Waals surface area contributed by atoms with Crippen LogP contribution in [0.4, 0.5) is 0 Å². The van der Waals surface area contributed by atoms with Gasteiger partial charge in [0.1, 0.15) is 0 Å². The summed E-state index contributed by atoms with van der Waals surface area (Å²) in [5.74, 6) is -0.542. The summed E-state index contributed by atoms with van der Waals surface area (Å²) in [6, 6.07) is 26.5. The quantitative estimate of drug-likeness (QED) is 0.215. The number of imide groups is 1. The number of nitrogens with zero attached hydrogens (tertiary/aromatic N) is 2. The predicted molar refractivity (Wildman–Crippen MR) is 148 cm³/mol. The number of aryl methyl sites for hydroxylation is 2. The summed E-state index contributed by atoms with van der Waals surface area (Å²) in [5.41, 5.74) is 6.04. The van der Waals surface area contributed by atoms with E-state index in [0.717, 1.165) is 56.6 Å². The number of aromatic amines is 1. The Kier molecular flexibility index (Phi) is 5.06. The molecule has 37 heavy (non-hydrogen) atoms. The molecule has 1 aliphatic heterocycles. The lowest BCUT2D eigenvalue weighted by Gasteiger charge is -2.12. The van der Waals surface area contributed by atoms with E-state index in [1.54, 1.807) is 0 Å². The first kappa shape index (κ1) is 22.1. The molecule has 1 aliphatic rings. The molecule has 6 aromatic rings. The van der Waals surface area contributed by atoms with E-state index in [-0.39, 0.29) is 18.4 Å². The van der Waals surface area contributed by atoms with Crippen LogP contribution in [0.3, 0.4) is 0 Å². The highest BCUT2D eigenvalue weighted by Gasteiger charge is 2.41. The minimum Gasteiger partial charge on any atom is -0.353 e. The van der Waals surface area contributed by atoms with E-state index in [1.165, 1.54) is 10.5 Å². The molecule has 7 rings (SSSR count). The molecule has 0 unspecified atom stereocenters. The Hall–Kier alpha value is -4.13. The maximum Gasteiger partial charge on any atom is 0.262 e. The number of halogens is 1. The zero-order valence-corrected chi connectivity index (χ0v) is 20.7. The number of hydrogen-bond acceptors (Lipinski definition) is 3. The van der Waals surface area contributed by atoms with Crippen LogP contribution in [0.25, 0.3) is 43.6 Å². The summed E-state index contributed by atoms with van der Waals surface area (Å²) < 4.78 is 2.30. The smallest absolute Gasteiger partial charge is 0.262 e. The number of carbonyl (C=O) groups excluding carboxylic acids is 2. The molecule has 0 saturated carbocycles. The van der Waals surface area contributed by atoms with Crippen LogP contribution in [-0.4, -0.2) is 39.4 Å². The summed E-state index contributed by atoms with van der Waals surface area (Å²) in [5, 5.41) is 3.55. The molecule has 0 radical (unpaired) electrons. The Bertz CT molecular complexity index is 1870. The van der Waals surface area contributed by atoms with Gasteiger partial charge in [0, 0.05) is 52.2 Å². The maximum atomic E-state index is 13.9. The summed E-state index contributed by atoms with van der Waals surface area (Å²) >= 11 is 5.70. The summed E-state index contributed by atoms with van der Waals surface area (Å²) in [7, 11) is 0. The molecule has 0 atom stereocenters.